The SMILES string of the molecule is [B]c1ccc2c(c1)C1(CC(c3cccc(OC)c3)O2)NC(=S)NC1=O. The molecule has 0 aromatic heterocycles. The van der Waals surface area contributed by atoms with Crippen LogP contribution < -0.4 is 25.6 Å². The second kappa shape index (κ2) is 5.77. The lowest BCUT2D eigenvalue weighted by molar-refractivity contribution is -0.126. The van der Waals surface area contributed by atoms with Crippen molar-refractivity contribution in [1.29, 1.82) is 0 Å². The molecule has 1 amide bonds. The molecule has 2 radical (unpaired) electrons. The topological polar surface area (TPSA) is 59.6 Å². The Morgan fingerprint density at radius 3 is 2.88 bits per heavy atom. The molecule has 124 valence electrons. The summed E-state index contributed by atoms with van der Waals surface area (Å²) in [5.74, 6) is 1.15. The Labute approximate surface area is 152 Å². The van der Waals surface area contributed by atoms with E-state index < -0.39 is 5.54 Å². The first-order valence-electron chi connectivity index (χ1n) is 7.86. The molecule has 7 heteroatoms. The van der Waals surface area contributed by atoms with E-state index in [0.29, 0.717) is 28.3 Å². The highest BCUT2D eigenvalue weighted by Crippen LogP contribution is 2.45. The molecule has 2 aromatic rings. The van der Waals surface area contributed by atoms with E-state index in [0.717, 1.165) is 11.3 Å². The highest BCUT2D eigenvalue weighted by molar-refractivity contribution is 7.80. The highest BCUT2D eigenvalue weighted by Gasteiger charge is 2.52. The van der Waals surface area contributed by atoms with Crippen LogP contribution in [0.25, 0.3) is 0 Å². The van der Waals surface area contributed by atoms with Gasteiger partial charge in [0.25, 0.3) is 5.91 Å². The van der Waals surface area contributed by atoms with Crippen molar-refractivity contribution in [3.05, 3.63) is 53.6 Å². The van der Waals surface area contributed by atoms with Gasteiger partial charge in [-0.05, 0) is 36.0 Å². The average Bonchev–Trinajstić information content (AvgIpc) is 2.89. The lowest BCUT2D eigenvalue weighted by atomic mass is 9.78. The largest absolute Gasteiger partial charge is 0.497 e. The molecule has 1 fully saturated rings. The smallest absolute Gasteiger partial charge is 0.256 e. The molecule has 25 heavy (non-hydrogen) atoms. The van der Waals surface area contributed by atoms with Gasteiger partial charge in [0.05, 0.1) is 7.11 Å². The minimum atomic E-state index is -0.992. The summed E-state index contributed by atoms with van der Waals surface area (Å²) in [6, 6.07) is 12.9. The molecular formula is C18H15BN2O3S. The number of thiocarbonyl (C=S) groups is 1. The molecule has 1 spiro atoms. The van der Waals surface area contributed by atoms with E-state index in [9.17, 15) is 4.79 Å². The van der Waals surface area contributed by atoms with Gasteiger partial charge >= 0.3 is 0 Å². The van der Waals surface area contributed by atoms with Gasteiger partial charge < -0.3 is 20.1 Å². The zero-order valence-electron chi connectivity index (χ0n) is 13.5. The maximum absolute atomic E-state index is 12.8. The summed E-state index contributed by atoms with van der Waals surface area (Å²) in [7, 11) is 7.55. The first-order valence-corrected chi connectivity index (χ1v) is 8.27. The Bertz CT molecular complexity index is 888. The predicted molar refractivity (Wildman–Crippen MR) is 98.4 cm³/mol. The van der Waals surface area contributed by atoms with E-state index in [-0.39, 0.29) is 12.0 Å². The Hall–Kier alpha value is -2.54. The van der Waals surface area contributed by atoms with Crippen LogP contribution >= 0.6 is 12.2 Å². The standard InChI is InChI=1S/C18H15BN2O3S/c1-23-12-4-2-3-10(7-12)15-9-18(16(22)20-17(25)21-18)13-8-11(19)5-6-14(13)24-15/h2-8,15H,9H2,1H3,(H2,20,21,22,25). The van der Waals surface area contributed by atoms with Crippen LogP contribution in [0.1, 0.15) is 23.7 Å². The molecule has 0 aliphatic carbocycles. The molecule has 2 aliphatic heterocycles. The van der Waals surface area contributed by atoms with Gasteiger partial charge in [0.1, 0.15) is 25.4 Å². The fourth-order valence-electron chi connectivity index (χ4n) is 3.42. The van der Waals surface area contributed by atoms with Crippen molar-refractivity contribution >= 4 is 36.5 Å². The van der Waals surface area contributed by atoms with Crippen molar-refractivity contribution in [2.75, 3.05) is 7.11 Å². The van der Waals surface area contributed by atoms with Crippen LogP contribution in [-0.2, 0) is 10.3 Å². The van der Waals surface area contributed by atoms with E-state index >= 15 is 0 Å². The van der Waals surface area contributed by atoms with Gasteiger partial charge in [-0.2, -0.15) is 0 Å². The van der Waals surface area contributed by atoms with Gasteiger partial charge in [-0.3, -0.25) is 4.79 Å². The molecule has 1 saturated heterocycles. The summed E-state index contributed by atoms with van der Waals surface area (Å²) in [5.41, 5.74) is 1.19. The van der Waals surface area contributed by atoms with Crippen LogP contribution in [0.5, 0.6) is 11.5 Å². The number of rotatable bonds is 2. The Balaban J connectivity index is 1.83. The Kier molecular flexibility index (Phi) is 3.69. The van der Waals surface area contributed by atoms with Crippen LogP contribution in [0.15, 0.2) is 42.5 Å². The number of fused-ring (bicyclic) bond motifs is 2. The maximum atomic E-state index is 12.8. The van der Waals surface area contributed by atoms with Crippen molar-refractivity contribution < 1.29 is 14.3 Å². The normalized spacial score (nSPS) is 24.3. The van der Waals surface area contributed by atoms with Crippen molar-refractivity contribution in [1.82, 2.24) is 10.6 Å². The third kappa shape index (κ3) is 2.55. The number of nitrogens with one attached hydrogen (secondary N) is 2. The number of carbonyl (C=O) groups excluding carboxylic acids is 1. The number of amides is 1. The predicted octanol–water partition coefficient (Wildman–Crippen LogP) is 1.21. The summed E-state index contributed by atoms with van der Waals surface area (Å²) >= 11 is 5.17. The van der Waals surface area contributed by atoms with Gasteiger partial charge in [0, 0.05) is 12.0 Å². The van der Waals surface area contributed by atoms with Crippen molar-refractivity contribution in [3.63, 3.8) is 0 Å². The highest BCUT2D eigenvalue weighted by atomic mass is 32.1. The average molecular weight is 350 g/mol. The minimum Gasteiger partial charge on any atom is -0.497 e. The van der Waals surface area contributed by atoms with Crippen LogP contribution in [0, 0.1) is 0 Å². The Morgan fingerprint density at radius 2 is 2.16 bits per heavy atom. The number of hydrogen-bond acceptors (Lipinski definition) is 4. The summed E-state index contributed by atoms with van der Waals surface area (Å²) < 4.78 is 11.5. The molecule has 2 aliphatic rings. The molecule has 5 nitrogen and oxygen atoms in total. The molecule has 4 rings (SSSR count). The van der Waals surface area contributed by atoms with E-state index in [4.69, 9.17) is 29.5 Å². The number of methoxy groups -OCH3 is 1. The summed E-state index contributed by atoms with van der Waals surface area (Å²) in [4.78, 5) is 12.8. The summed E-state index contributed by atoms with van der Waals surface area (Å²) in [6.07, 6.45) is 0.0631. The number of carbonyl (C=O) groups is 1. The molecule has 2 aromatic carbocycles. The second-order valence-corrected chi connectivity index (χ2v) is 6.56. The van der Waals surface area contributed by atoms with E-state index in [1.54, 1.807) is 25.3 Å². The van der Waals surface area contributed by atoms with E-state index in [1.165, 1.54) is 0 Å². The third-order valence-corrected chi connectivity index (χ3v) is 4.84. The molecule has 0 bridgehead atoms. The molecule has 0 saturated carbocycles. The van der Waals surface area contributed by atoms with Crippen molar-refractivity contribution in [2.45, 2.75) is 18.1 Å². The van der Waals surface area contributed by atoms with Gasteiger partial charge in [-0.1, -0.05) is 29.7 Å². The lowest BCUT2D eigenvalue weighted by Gasteiger charge is -2.38. The van der Waals surface area contributed by atoms with Gasteiger partial charge in [-0.15, -0.1) is 0 Å². The van der Waals surface area contributed by atoms with Crippen LogP contribution in [0.3, 0.4) is 0 Å². The maximum Gasteiger partial charge on any atom is 0.256 e. The lowest BCUT2D eigenvalue weighted by Crippen LogP contribution is -2.48. The fourth-order valence-corrected chi connectivity index (χ4v) is 3.69. The van der Waals surface area contributed by atoms with Crippen molar-refractivity contribution in [2.24, 2.45) is 0 Å². The summed E-state index contributed by atoms with van der Waals surface area (Å²) in [6.45, 7) is 0. The first kappa shape index (κ1) is 16.0. The van der Waals surface area contributed by atoms with Crippen molar-refractivity contribution in [3.8, 4) is 11.5 Å². The second-order valence-electron chi connectivity index (χ2n) is 6.16. The zero-order valence-corrected chi connectivity index (χ0v) is 14.4. The van der Waals surface area contributed by atoms with Crippen LogP contribution in [-0.4, -0.2) is 26.0 Å². The van der Waals surface area contributed by atoms with Crippen LogP contribution in [0.2, 0.25) is 0 Å². The summed E-state index contributed by atoms with van der Waals surface area (Å²) in [5, 5.41) is 6.14. The first-order chi connectivity index (χ1) is 12.0. The fraction of sp³-hybridized carbons (Fsp3) is 0.222. The molecule has 2 N–H and O–H groups in total. The van der Waals surface area contributed by atoms with E-state index in [2.05, 4.69) is 10.6 Å². The number of benzene rings is 2. The quantitative estimate of drug-likeness (QED) is 0.630. The Morgan fingerprint density at radius 1 is 1.32 bits per heavy atom. The van der Waals surface area contributed by atoms with Gasteiger partial charge in [0.2, 0.25) is 0 Å². The third-order valence-electron chi connectivity index (χ3n) is 4.63. The zero-order chi connectivity index (χ0) is 17.6. The molecule has 2 unspecified atom stereocenters. The number of hydrogen-bond donors (Lipinski definition) is 2. The molecule has 2 atom stereocenters. The minimum absolute atomic E-state index is 0.194. The van der Waals surface area contributed by atoms with Crippen LogP contribution in [0.4, 0.5) is 0 Å². The molecular weight excluding hydrogens is 335 g/mol. The molecule has 2 heterocycles. The van der Waals surface area contributed by atoms with Gasteiger partial charge in [0.15, 0.2) is 10.7 Å². The van der Waals surface area contributed by atoms with E-state index in [1.807, 2.05) is 24.3 Å². The monoisotopic (exact) mass is 350 g/mol. The van der Waals surface area contributed by atoms with Gasteiger partial charge in [-0.25, -0.2) is 0 Å². The number of ether oxygens (including phenoxy) is 2.